The number of allylic oxidation sites excluding steroid dienone is 10. The Hall–Kier alpha value is -8.44. The van der Waals surface area contributed by atoms with Gasteiger partial charge < -0.3 is 24.7 Å². The number of carbonyl (C=O) groups is 4. The van der Waals surface area contributed by atoms with Gasteiger partial charge in [-0.05, 0) is 125 Å². The number of aromatic carboxylic acids is 2. The second kappa shape index (κ2) is 15.5. The number of benzene rings is 4. The van der Waals surface area contributed by atoms with Crippen molar-refractivity contribution in [1.29, 1.82) is 0 Å². The highest BCUT2D eigenvalue weighted by molar-refractivity contribution is 6.34. The third kappa shape index (κ3) is 6.96. The summed E-state index contributed by atoms with van der Waals surface area (Å²) < 4.78 is 10.2. The van der Waals surface area contributed by atoms with Gasteiger partial charge in [-0.3, -0.25) is 9.59 Å². The Morgan fingerprint density at radius 1 is 0.483 bits per heavy atom. The number of H-pyrrole nitrogens is 1. The van der Waals surface area contributed by atoms with E-state index in [4.69, 9.17) is 19.5 Å². The lowest BCUT2D eigenvalue weighted by atomic mass is 9.91. The Labute approximate surface area is 342 Å². The number of aliphatic imine (C=N–C) groups is 2. The standard InChI is InChI=1S/C49H31N3O8/c53-26-59-36-15-11-29(12-16-36)45-35-10-9-34(25-35)44(28-1-5-32(6-2-28)48(55)56)38-19-21-40(50-38)46(30-3-7-33(8-4-30)49(57)58)42-23-24-43(52-42)47(41-22-20-39(45)51-41)31-13-17-37(18-14-31)60-27-54/h1-24,26-27,52H,25H2,(H,55,56)(H,57,58). The number of rotatable bonds is 10. The maximum Gasteiger partial charge on any atom is 0.335 e. The fourth-order valence-corrected chi connectivity index (χ4v) is 7.78. The molecule has 1 aliphatic carbocycles. The number of carbonyl (C=O) groups excluding carboxylic acids is 2. The molecule has 0 saturated carbocycles. The van der Waals surface area contributed by atoms with Crippen LogP contribution in [0.5, 0.6) is 11.5 Å². The van der Waals surface area contributed by atoms with Gasteiger partial charge in [-0.25, -0.2) is 19.6 Å². The van der Waals surface area contributed by atoms with Crippen LogP contribution in [0.2, 0.25) is 0 Å². The van der Waals surface area contributed by atoms with Gasteiger partial charge >= 0.3 is 11.9 Å². The number of fused-ring (bicyclic) bond motifs is 6. The van der Waals surface area contributed by atoms with Gasteiger partial charge in [-0.15, -0.1) is 0 Å². The van der Waals surface area contributed by atoms with E-state index in [9.17, 15) is 29.4 Å². The quantitative estimate of drug-likeness (QED) is 0.118. The summed E-state index contributed by atoms with van der Waals surface area (Å²) >= 11 is 0. The highest BCUT2D eigenvalue weighted by Gasteiger charge is 2.27. The molecule has 3 N–H and O–H groups in total. The molecule has 0 atom stereocenters. The lowest BCUT2D eigenvalue weighted by molar-refractivity contribution is -0.121. The molecule has 9 rings (SSSR count). The van der Waals surface area contributed by atoms with E-state index >= 15 is 0 Å². The monoisotopic (exact) mass is 789 g/mol. The molecule has 4 heterocycles. The molecule has 0 amide bonds. The zero-order valence-electron chi connectivity index (χ0n) is 31.5. The van der Waals surface area contributed by atoms with Gasteiger partial charge in [-0.1, -0.05) is 60.7 Å². The Bertz CT molecular complexity index is 2930. The molecule has 290 valence electrons. The number of nitrogens with one attached hydrogen (secondary N) is 1. The van der Waals surface area contributed by atoms with E-state index in [1.165, 1.54) is 0 Å². The van der Waals surface area contributed by atoms with Crippen LogP contribution in [0.1, 0.15) is 60.8 Å². The Morgan fingerprint density at radius 2 is 0.850 bits per heavy atom. The third-order valence-electron chi connectivity index (χ3n) is 10.5. The van der Waals surface area contributed by atoms with Crippen LogP contribution in [0, 0.1) is 0 Å². The van der Waals surface area contributed by atoms with Crippen molar-refractivity contribution in [3.63, 3.8) is 0 Å². The second-order valence-electron chi connectivity index (χ2n) is 14.0. The minimum atomic E-state index is -1.04. The molecule has 0 radical (unpaired) electrons. The first-order valence-corrected chi connectivity index (χ1v) is 18.7. The molecule has 5 aromatic rings. The fourth-order valence-electron chi connectivity index (χ4n) is 7.78. The van der Waals surface area contributed by atoms with Gasteiger partial charge in [0.1, 0.15) is 11.5 Å². The van der Waals surface area contributed by atoms with E-state index in [-0.39, 0.29) is 11.1 Å². The molecule has 3 aliphatic heterocycles. The van der Waals surface area contributed by atoms with E-state index in [2.05, 4.69) is 11.1 Å². The number of hydrogen-bond acceptors (Lipinski definition) is 8. The topological polar surface area (TPSA) is 168 Å². The number of hydrogen-bond donors (Lipinski definition) is 3. The van der Waals surface area contributed by atoms with E-state index in [1.807, 2.05) is 66.8 Å². The van der Waals surface area contributed by atoms with Crippen molar-refractivity contribution in [2.24, 2.45) is 9.98 Å². The van der Waals surface area contributed by atoms with Crippen LogP contribution < -0.4 is 9.47 Å². The zero-order valence-corrected chi connectivity index (χ0v) is 31.5. The molecular weight excluding hydrogens is 759 g/mol. The van der Waals surface area contributed by atoms with Crippen LogP contribution in [-0.4, -0.2) is 51.5 Å². The molecular formula is C49H31N3O8. The summed E-state index contributed by atoms with van der Waals surface area (Å²) in [5.74, 6) is -1.30. The van der Waals surface area contributed by atoms with Crippen molar-refractivity contribution in [3.8, 4) is 11.5 Å². The Kier molecular flexibility index (Phi) is 9.59. The van der Waals surface area contributed by atoms with E-state index < -0.39 is 11.9 Å². The smallest absolute Gasteiger partial charge is 0.335 e. The first-order valence-electron chi connectivity index (χ1n) is 18.7. The molecule has 11 heteroatoms. The molecule has 0 unspecified atom stereocenters. The normalized spacial score (nSPS) is 15.4. The molecule has 4 aromatic carbocycles. The van der Waals surface area contributed by atoms with Crippen molar-refractivity contribution in [3.05, 3.63) is 213 Å². The molecule has 0 saturated heterocycles. The van der Waals surface area contributed by atoms with Crippen molar-refractivity contribution in [2.45, 2.75) is 6.42 Å². The number of carboxylic acids is 2. The molecule has 1 aromatic heterocycles. The first-order chi connectivity index (χ1) is 29.3. The van der Waals surface area contributed by atoms with Crippen LogP contribution in [0.15, 0.2) is 178 Å². The second-order valence-corrected chi connectivity index (χ2v) is 14.0. The molecule has 0 spiro atoms. The average molecular weight is 790 g/mol. The minimum Gasteiger partial charge on any atom is -0.478 e. The molecule has 0 fully saturated rings. The minimum absolute atomic E-state index is 0.143. The van der Waals surface area contributed by atoms with Gasteiger partial charge in [-0.2, -0.15) is 0 Å². The summed E-state index contributed by atoms with van der Waals surface area (Å²) in [4.78, 5) is 60.1. The zero-order chi connectivity index (χ0) is 41.3. The van der Waals surface area contributed by atoms with Gasteiger partial charge in [0.05, 0.1) is 33.9 Å². The third-order valence-corrected chi connectivity index (χ3v) is 10.5. The predicted molar refractivity (Wildman–Crippen MR) is 227 cm³/mol. The van der Waals surface area contributed by atoms with E-state index in [1.54, 1.807) is 72.8 Å². The number of aromatic amines is 1. The maximum atomic E-state index is 11.9. The predicted octanol–water partition coefficient (Wildman–Crippen LogP) is 8.90. The van der Waals surface area contributed by atoms with Crippen LogP contribution in [0.4, 0.5) is 0 Å². The van der Waals surface area contributed by atoms with E-state index in [0.717, 1.165) is 61.4 Å². The number of aromatic nitrogens is 1. The van der Waals surface area contributed by atoms with E-state index in [0.29, 0.717) is 59.4 Å². The van der Waals surface area contributed by atoms with Crippen molar-refractivity contribution < 1.29 is 38.9 Å². The average Bonchev–Trinajstić information content (AvgIpc) is 4.11. The fraction of sp³-hybridized carbons (Fsp3) is 0.0204. The Morgan fingerprint density at radius 3 is 1.22 bits per heavy atom. The summed E-state index contributed by atoms with van der Waals surface area (Å²) in [5.41, 5.74) is 12.6. The van der Waals surface area contributed by atoms with Crippen molar-refractivity contribution in [1.82, 2.24) is 4.98 Å². The molecule has 60 heavy (non-hydrogen) atoms. The van der Waals surface area contributed by atoms with Gasteiger partial charge in [0.25, 0.3) is 12.9 Å². The van der Waals surface area contributed by atoms with Gasteiger partial charge in [0.15, 0.2) is 0 Å². The Balaban J connectivity index is 1.32. The number of carboxylic acid groups (broad SMARTS) is 2. The van der Waals surface area contributed by atoms with Crippen LogP contribution in [0.25, 0.3) is 22.3 Å². The summed E-state index contributed by atoms with van der Waals surface area (Å²) in [6.07, 6.45) is 12.3. The van der Waals surface area contributed by atoms with Crippen LogP contribution >= 0.6 is 0 Å². The van der Waals surface area contributed by atoms with Crippen molar-refractivity contribution >= 4 is 58.6 Å². The van der Waals surface area contributed by atoms with Crippen LogP contribution in [0.3, 0.4) is 0 Å². The summed E-state index contributed by atoms with van der Waals surface area (Å²) in [6.45, 7) is 0.762. The first kappa shape index (κ1) is 37.2. The highest BCUT2D eigenvalue weighted by atomic mass is 16.5. The highest BCUT2D eigenvalue weighted by Crippen LogP contribution is 2.41. The molecule has 8 bridgehead atoms. The number of nitrogens with zero attached hydrogens (tertiary/aromatic N) is 2. The molecule has 11 nitrogen and oxygen atoms in total. The van der Waals surface area contributed by atoms with Gasteiger partial charge in [0.2, 0.25) is 0 Å². The summed E-state index contributed by atoms with van der Waals surface area (Å²) in [7, 11) is 0. The summed E-state index contributed by atoms with van der Waals surface area (Å²) in [5, 5.41) is 19.4. The largest absolute Gasteiger partial charge is 0.478 e. The van der Waals surface area contributed by atoms with Gasteiger partial charge in [0, 0.05) is 33.7 Å². The van der Waals surface area contributed by atoms with Crippen LogP contribution in [-0.2, 0) is 9.59 Å². The maximum absolute atomic E-state index is 11.9. The lowest BCUT2D eigenvalue weighted by Crippen LogP contribution is -2.04. The lowest BCUT2D eigenvalue weighted by Gasteiger charge is -2.15. The summed E-state index contributed by atoms with van der Waals surface area (Å²) in [6, 6.07) is 31.6. The van der Waals surface area contributed by atoms with Crippen molar-refractivity contribution in [2.75, 3.05) is 0 Å². The number of ether oxygens (including phenoxy) is 2. The molecule has 4 aliphatic rings. The SMILES string of the molecule is O=COc1ccc(C2=C3C=CC(=C(c4ccc(C(=O)O)cc4)C4=NC(=C(c5ccc(C(=O)O)cc5)c5ccc([nH]5)C(c5ccc(OC=O)cc5)=C5C=CC2=N5)C=C4)C3)cc1.